The SMILES string of the molecule is O=C(CN1C(=O)COc2ccccc21)NCc1ccccc1-n1cccn1. The van der Waals surface area contributed by atoms with Gasteiger partial charge in [-0.05, 0) is 29.8 Å². The lowest BCUT2D eigenvalue weighted by Gasteiger charge is -2.28. The lowest BCUT2D eigenvalue weighted by molar-refractivity contribution is -0.125. The van der Waals surface area contributed by atoms with Gasteiger partial charge in [0.25, 0.3) is 5.91 Å². The quantitative estimate of drug-likeness (QED) is 0.752. The molecule has 2 heterocycles. The van der Waals surface area contributed by atoms with E-state index in [4.69, 9.17) is 4.74 Å². The number of carbonyl (C=O) groups excluding carboxylic acids is 2. The maximum absolute atomic E-state index is 12.5. The van der Waals surface area contributed by atoms with Gasteiger partial charge in [-0.1, -0.05) is 30.3 Å². The number of benzene rings is 2. The fourth-order valence-corrected chi connectivity index (χ4v) is 3.02. The summed E-state index contributed by atoms with van der Waals surface area (Å²) in [6.07, 6.45) is 3.56. The summed E-state index contributed by atoms with van der Waals surface area (Å²) in [4.78, 5) is 26.1. The van der Waals surface area contributed by atoms with Crippen LogP contribution in [0.3, 0.4) is 0 Å². The van der Waals surface area contributed by atoms with Gasteiger partial charge >= 0.3 is 0 Å². The van der Waals surface area contributed by atoms with Crippen LogP contribution in [0.2, 0.25) is 0 Å². The third kappa shape index (κ3) is 3.52. The molecule has 136 valence electrons. The van der Waals surface area contributed by atoms with E-state index in [0.717, 1.165) is 11.3 Å². The summed E-state index contributed by atoms with van der Waals surface area (Å²) in [6.45, 7) is 0.227. The second-order valence-electron chi connectivity index (χ2n) is 6.09. The van der Waals surface area contributed by atoms with E-state index < -0.39 is 0 Å². The zero-order valence-corrected chi connectivity index (χ0v) is 14.5. The van der Waals surface area contributed by atoms with Gasteiger partial charge in [-0.3, -0.25) is 14.5 Å². The smallest absolute Gasteiger partial charge is 0.265 e. The van der Waals surface area contributed by atoms with E-state index in [9.17, 15) is 9.59 Å². The van der Waals surface area contributed by atoms with E-state index in [1.807, 2.05) is 48.7 Å². The first-order valence-electron chi connectivity index (χ1n) is 8.59. The highest BCUT2D eigenvalue weighted by Gasteiger charge is 2.26. The highest BCUT2D eigenvalue weighted by atomic mass is 16.5. The van der Waals surface area contributed by atoms with Crippen LogP contribution in [0.25, 0.3) is 5.69 Å². The molecule has 4 rings (SSSR count). The van der Waals surface area contributed by atoms with Crippen LogP contribution in [0.15, 0.2) is 67.0 Å². The lowest BCUT2D eigenvalue weighted by Crippen LogP contribution is -2.45. The van der Waals surface area contributed by atoms with Gasteiger partial charge in [0, 0.05) is 18.9 Å². The fraction of sp³-hybridized carbons (Fsp3) is 0.150. The van der Waals surface area contributed by atoms with Gasteiger partial charge in [0.2, 0.25) is 5.91 Å². The molecule has 2 amide bonds. The van der Waals surface area contributed by atoms with Gasteiger partial charge in [0.05, 0.1) is 11.4 Å². The zero-order valence-electron chi connectivity index (χ0n) is 14.5. The first kappa shape index (κ1) is 16.8. The largest absolute Gasteiger partial charge is 0.482 e. The molecule has 0 saturated carbocycles. The predicted molar refractivity (Wildman–Crippen MR) is 99.7 cm³/mol. The molecule has 0 aliphatic carbocycles. The van der Waals surface area contributed by atoms with Crippen molar-refractivity contribution in [2.24, 2.45) is 0 Å². The van der Waals surface area contributed by atoms with Crippen molar-refractivity contribution in [1.82, 2.24) is 15.1 Å². The van der Waals surface area contributed by atoms with Crippen LogP contribution >= 0.6 is 0 Å². The molecule has 7 nitrogen and oxygen atoms in total. The molecule has 3 aromatic rings. The summed E-state index contributed by atoms with van der Waals surface area (Å²) in [6, 6.07) is 16.8. The summed E-state index contributed by atoms with van der Waals surface area (Å²) in [5.41, 5.74) is 2.44. The van der Waals surface area contributed by atoms with Crippen LogP contribution < -0.4 is 15.0 Å². The number of amides is 2. The van der Waals surface area contributed by atoms with Crippen LogP contribution in [0.4, 0.5) is 5.69 Å². The van der Waals surface area contributed by atoms with Gasteiger partial charge in [-0.15, -0.1) is 0 Å². The number of hydrogen-bond acceptors (Lipinski definition) is 4. The summed E-state index contributed by atoms with van der Waals surface area (Å²) >= 11 is 0. The van der Waals surface area contributed by atoms with Crippen molar-refractivity contribution in [3.8, 4) is 11.4 Å². The number of nitrogens with one attached hydrogen (secondary N) is 1. The fourth-order valence-electron chi connectivity index (χ4n) is 3.02. The van der Waals surface area contributed by atoms with Crippen molar-refractivity contribution < 1.29 is 14.3 Å². The second-order valence-corrected chi connectivity index (χ2v) is 6.09. The molecule has 1 aliphatic heterocycles. The number of fused-ring (bicyclic) bond motifs is 1. The average Bonchev–Trinajstić information content (AvgIpc) is 3.23. The van der Waals surface area contributed by atoms with Gasteiger partial charge in [-0.2, -0.15) is 5.10 Å². The average molecular weight is 362 g/mol. The highest BCUT2D eigenvalue weighted by Crippen LogP contribution is 2.31. The first-order valence-corrected chi connectivity index (χ1v) is 8.59. The normalized spacial score (nSPS) is 13.0. The van der Waals surface area contributed by atoms with Crippen LogP contribution in [-0.2, 0) is 16.1 Å². The van der Waals surface area contributed by atoms with Crippen LogP contribution in [0.1, 0.15) is 5.56 Å². The third-order valence-corrected chi connectivity index (χ3v) is 4.33. The van der Waals surface area contributed by atoms with Crippen molar-refractivity contribution in [2.45, 2.75) is 6.54 Å². The molecular weight excluding hydrogens is 344 g/mol. The summed E-state index contributed by atoms with van der Waals surface area (Å²) in [5.74, 6) is 0.130. The number of carbonyl (C=O) groups is 2. The Labute approximate surface area is 156 Å². The Bertz CT molecular complexity index is 969. The van der Waals surface area contributed by atoms with E-state index in [0.29, 0.717) is 18.0 Å². The predicted octanol–water partition coefficient (Wildman–Crippen LogP) is 1.91. The Kier molecular flexibility index (Phi) is 4.57. The molecular formula is C20H18N4O3. The van der Waals surface area contributed by atoms with Crippen molar-refractivity contribution >= 4 is 17.5 Å². The van der Waals surface area contributed by atoms with Crippen LogP contribution in [0, 0.1) is 0 Å². The molecule has 0 atom stereocenters. The second kappa shape index (κ2) is 7.33. The van der Waals surface area contributed by atoms with Crippen molar-refractivity contribution in [3.63, 3.8) is 0 Å². The minimum atomic E-state index is -0.240. The summed E-state index contributed by atoms with van der Waals surface area (Å²) < 4.78 is 7.15. The maximum atomic E-state index is 12.5. The first-order chi connectivity index (χ1) is 13.2. The standard InChI is InChI=1S/C20H18N4O3/c25-19(13-23-17-8-3-4-9-18(17)27-14-20(23)26)21-12-15-6-1-2-7-16(15)24-11-5-10-22-24/h1-11H,12-14H2,(H,21,25). The summed E-state index contributed by atoms with van der Waals surface area (Å²) in [5, 5.41) is 7.13. The number of ether oxygens (including phenoxy) is 1. The van der Waals surface area contributed by atoms with E-state index >= 15 is 0 Å². The van der Waals surface area contributed by atoms with Gasteiger partial charge in [0.15, 0.2) is 6.61 Å². The highest BCUT2D eigenvalue weighted by molar-refractivity contribution is 6.02. The zero-order chi connectivity index (χ0) is 18.6. The van der Waals surface area contributed by atoms with Crippen LogP contribution in [0.5, 0.6) is 5.75 Å². The molecule has 1 aromatic heterocycles. The number of rotatable bonds is 5. The minimum Gasteiger partial charge on any atom is -0.482 e. The third-order valence-electron chi connectivity index (χ3n) is 4.33. The molecule has 0 fully saturated rings. The van der Waals surface area contributed by atoms with Crippen molar-refractivity contribution in [1.29, 1.82) is 0 Å². The van der Waals surface area contributed by atoms with Crippen molar-refractivity contribution in [2.75, 3.05) is 18.1 Å². The van der Waals surface area contributed by atoms with E-state index in [2.05, 4.69) is 10.4 Å². The van der Waals surface area contributed by atoms with Gasteiger partial charge < -0.3 is 10.1 Å². The lowest BCUT2D eigenvalue weighted by atomic mass is 10.1. The Morgan fingerprint density at radius 3 is 2.67 bits per heavy atom. The number of nitrogens with zero attached hydrogens (tertiary/aromatic N) is 3. The number of aromatic nitrogens is 2. The molecule has 0 saturated heterocycles. The number of hydrogen-bond donors (Lipinski definition) is 1. The molecule has 1 aliphatic rings. The molecule has 0 bridgehead atoms. The van der Waals surface area contributed by atoms with E-state index in [-0.39, 0.29) is 25.0 Å². The van der Waals surface area contributed by atoms with Crippen LogP contribution in [-0.4, -0.2) is 34.7 Å². The number of anilines is 1. The molecule has 7 heteroatoms. The Balaban J connectivity index is 1.45. The number of para-hydroxylation sites is 3. The van der Waals surface area contributed by atoms with Crippen molar-refractivity contribution in [3.05, 3.63) is 72.6 Å². The molecule has 2 aromatic carbocycles. The topological polar surface area (TPSA) is 76.5 Å². The molecule has 27 heavy (non-hydrogen) atoms. The summed E-state index contributed by atoms with van der Waals surface area (Å²) in [7, 11) is 0. The molecule has 0 unspecified atom stereocenters. The van der Waals surface area contributed by atoms with Gasteiger partial charge in [-0.25, -0.2) is 4.68 Å². The Hall–Kier alpha value is -3.61. The van der Waals surface area contributed by atoms with Gasteiger partial charge in [0.1, 0.15) is 12.3 Å². The molecule has 1 N–H and O–H groups in total. The van der Waals surface area contributed by atoms with E-state index in [1.165, 1.54) is 4.90 Å². The Morgan fingerprint density at radius 1 is 1.07 bits per heavy atom. The van der Waals surface area contributed by atoms with E-state index in [1.54, 1.807) is 23.0 Å². The molecule has 0 spiro atoms. The molecule has 0 radical (unpaired) electrons. The minimum absolute atomic E-state index is 0.0524. The maximum Gasteiger partial charge on any atom is 0.265 e. The Morgan fingerprint density at radius 2 is 1.85 bits per heavy atom. The monoisotopic (exact) mass is 362 g/mol.